The van der Waals surface area contributed by atoms with Crippen LogP contribution in [0.15, 0.2) is 53.7 Å². The van der Waals surface area contributed by atoms with Crippen molar-refractivity contribution in [1.82, 2.24) is 0 Å². The maximum absolute atomic E-state index is 12.2. The summed E-state index contributed by atoms with van der Waals surface area (Å²) in [5, 5.41) is 4.33. The lowest BCUT2D eigenvalue weighted by Crippen LogP contribution is -2.17. The smallest absolute Gasteiger partial charge is 0.342 e. The lowest BCUT2D eigenvalue weighted by molar-refractivity contribution is -0.145. The van der Waals surface area contributed by atoms with Gasteiger partial charge in [0.25, 0.3) is 0 Å². The first-order chi connectivity index (χ1) is 11.9. The largest absolute Gasteiger partial charge is 0.380 e. The Morgan fingerprint density at radius 2 is 1.68 bits per heavy atom. The minimum atomic E-state index is -0.450. The second-order valence-corrected chi connectivity index (χ2v) is 6.89. The second kappa shape index (κ2) is 8.67. The Kier molecular flexibility index (Phi) is 6.59. The van der Waals surface area contributed by atoms with Crippen molar-refractivity contribution in [3.05, 3.63) is 70.2 Å². The third-order valence-corrected chi connectivity index (χ3v) is 4.10. The third-order valence-electron chi connectivity index (χ3n) is 3.85. The number of hydrogen-bond donors (Lipinski definition) is 1. The van der Waals surface area contributed by atoms with Gasteiger partial charge in [0.15, 0.2) is 5.84 Å². The Balaban J connectivity index is 1.99. The number of nitrogens with two attached hydrogens (primary N) is 1. The molecule has 0 saturated heterocycles. The van der Waals surface area contributed by atoms with Gasteiger partial charge in [-0.3, -0.25) is 0 Å². The van der Waals surface area contributed by atoms with Crippen molar-refractivity contribution in [2.75, 3.05) is 0 Å². The van der Waals surface area contributed by atoms with Crippen LogP contribution in [0.25, 0.3) is 0 Å². The summed E-state index contributed by atoms with van der Waals surface area (Å²) in [6.45, 7) is 6.14. The zero-order chi connectivity index (χ0) is 18.4. The van der Waals surface area contributed by atoms with Crippen molar-refractivity contribution >= 4 is 23.4 Å². The molecule has 0 unspecified atom stereocenters. The summed E-state index contributed by atoms with van der Waals surface area (Å²) in [7, 11) is 0. The highest BCUT2D eigenvalue weighted by atomic mass is 35.5. The molecule has 0 aromatic heterocycles. The fraction of sp³-hybridized carbons (Fsp3) is 0.300. The molecule has 2 aromatic rings. The molecule has 2 rings (SSSR count). The molecule has 0 saturated carbocycles. The number of oxime groups is 1. The zero-order valence-electron chi connectivity index (χ0n) is 14.7. The molecule has 132 valence electrons. The summed E-state index contributed by atoms with van der Waals surface area (Å²) in [4.78, 5) is 17.2. The van der Waals surface area contributed by atoms with Gasteiger partial charge in [0.1, 0.15) is 0 Å². The van der Waals surface area contributed by atoms with Crippen LogP contribution in [-0.2, 0) is 16.1 Å². The van der Waals surface area contributed by atoms with Crippen LogP contribution in [0.2, 0.25) is 5.02 Å². The van der Waals surface area contributed by atoms with E-state index in [1.54, 1.807) is 31.2 Å². The van der Waals surface area contributed by atoms with Crippen LogP contribution in [0, 0.1) is 5.92 Å². The Morgan fingerprint density at radius 1 is 1.08 bits per heavy atom. The van der Waals surface area contributed by atoms with Crippen LogP contribution in [0.1, 0.15) is 43.4 Å². The normalized spacial score (nSPS) is 12.9. The van der Waals surface area contributed by atoms with Crippen LogP contribution in [-0.4, -0.2) is 11.8 Å². The maximum atomic E-state index is 12.2. The van der Waals surface area contributed by atoms with Gasteiger partial charge in [0.05, 0.1) is 5.92 Å². The van der Waals surface area contributed by atoms with Crippen molar-refractivity contribution in [2.45, 2.75) is 33.1 Å². The first-order valence-electron chi connectivity index (χ1n) is 8.26. The van der Waals surface area contributed by atoms with E-state index in [0.717, 1.165) is 12.0 Å². The van der Waals surface area contributed by atoms with Crippen LogP contribution >= 0.6 is 11.6 Å². The van der Waals surface area contributed by atoms with Crippen LogP contribution in [0.3, 0.4) is 0 Å². The molecule has 5 heteroatoms. The summed E-state index contributed by atoms with van der Waals surface area (Å²) in [5.74, 6) is -0.147. The molecule has 0 aliphatic carbocycles. The van der Waals surface area contributed by atoms with Crippen molar-refractivity contribution in [3.8, 4) is 0 Å². The van der Waals surface area contributed by atoms with Gasteiger partial charge in [-0.25, -0.2) is 4.79 Å². The highest BCUT2D eigenvalue weighted by Crippen LogP contribution is 2.19. The van der Waals surface area contributed by atoms with Gasteiger partial charge in [0.2, 0.25) is 0 Å². The molecule has 0 bridgehead atoms. The van der Waals surface area contributed by atoms with Gasteiger partial charge in [0, 0.05) is 10.6 Å². The Labute approximate surface area is 153 Å². The Bertz CT molecular complexity index is 737. The van der Waals surface area contributed by atoms with Crippen LogP contribution in [0.4, 0.5) is 0 Å². The van der Waals surface area contributed by atoms with Crippen LogP contribution in [0.5, 0.6) is 0 Å². The average molecular weight is 359 g/mol. The molecule has 0 amide bonds. The lowest BCUT2D eigenvalue weighted by Gasteiger charge is -2.11. The summed E-state index contributed by atoms with van der Waals surface area (Å²) in [5.41, 5.74) is 8.61. The van der Waals surface area contributed by atoms with E-state index in [0.29, 0.717) is 16.5 Å². The molecule has 1 atom stereocenters. The average Bonchev–Trinajstić information content (AvgIpc) is 2.59. The first-order valence-corrected chi connectivity index (χ1v) is 8.63. The quantitative estimate of drug-likeness (QED) is 0.357. The standard InChI is InChI=1S/C20H23ClN2O2/c1-13(2)12-15-4-6-16(7-5-15)14(3)20(24)25-23-19(22)17-8-10-18(21)11-9-17/h4-11,13-14H,12H2,1-3H3,(H2,22,23)/t14-/m0/s1. The summed E-state index contributed by atoms with van der Waals surface area (Å²) < 4.78 is 0. The topological polar surface area (TPSA) is 64.7 Å². The molecule has 25 heavy (non-hydrogen) atoms. The zero-order valence-corrected chi connectivity index (χ0v) is 15.5. The van der Waals surface area contributed by atoms with Crippen molar-refractivity contribution in [1.29, 1.82) is 0 Å². The van der Waals surface area contributed by atoms with Gasteiger partial charge >= 0.3 is 5.97 Å². The van der Waals surface area contributed by atoms with Crippen molar-refractivity contribution < 1.29 is 9.63 Å². The Hall–Kier alpha value is -2.33. The van der Waals surface area contributed by atoms with E-state index in [4.69, 9.17) is 22.2 Å². The molecule has 0 radical (unpaired) electrons. The molecule has 0 aliphatic rings. The molecule has 0 fully saturated rings. The first kappa shape index (κ1) is 19.0. The minimum absolute atomic E-state index is 0.129. The minimum Gasteiger partial charge on any atom is -0.380 e. The van der Waals surface area contributed by atoms with Gasteiger partial charge in [-0.05, 0) is 54.7 Å². The van der Waals surface area contributed by atoms with E-state index in [9.17, 15) is 4.79 Å². The molecular weight excluding hydrogens is 336 g/mol. The number of rotatable bonds is 6. The van der Waals surface area contributed by atoms with Gasteiger partial charge in [-0.1, -0.05) is 54.9 Å². The number of carbonyl (C=O) groups is 1. The second-order valence-electron chi connectivity index (χ2n) is 6.45. The maximum Gasteiger partial charge on any atom is 0.342 e. The highest BCUT2D eigenvalue weighted by molar-refractivity contribution is 6.30. The summed E-state index contributed by atoms with van der Waals surface area (Å²) >= 11 is 5.83. The third kappa shape index (κ3) is 5.61. The number of nitrogens with zero attached hydrogens (tertiary/aromatic N) is 1. The van der Waals surface area contributed by atoms with Gasteiger partial charge in [-0.2, -0.15) is 0 Å². The summed E-state index contributed by atoms with van der Waals surface area (Å²) in [6, 6.07) is 14.8. The SMILES string of the molecule is CC(C)Cc1ccc([C@H](C)C(=O)O/N=C(/N)c2ccc(Cl)cc2)cc1. The molecule has 4 nitrogen and oxygen atoms in total. The number of carbonyl (C=O) groups excluding carboxylic acids is 1. The van der Waals surface area contributed by atoms with Crippen LogP contribution < -0.4 is 5.73 Å². The highest BCUT2D eigenvalue weighted by Gasteiger charge is 2.17. The van der Waals surface area contributed by atoms with Gasteiger partial charge < -0.3 is 10.6 Å². The molecule has 0 heterocycles. The number of halogens is 1. The van der Waals surface area contributed by atoms with E-state index in [2.05, 4.69) is 19.0 Å². The summed E-state index contributed by atoms with van der Waals surface area (Å²) in [6.07, 6.45) is 1.01. The molecule has 2 N–H and O–H groups in total. The van der Waals surface area contributed by atoms with E-state index in [-0.39, 0.29) is 5.84 Å². The molecular formula is C20H23ClN2O2. The molecule has 2 aromatic carbocycles. The van der Waals surface area contributed by atoms with Crippen molar-refractivity contribution in [3.63, 3.8) is 0 Å². The van der Waals surface area contributed by atoms with E-state index >= 15 is 0 Å². The van der Waals surface area contributed by atoms with Gasteiger partial charge in [-0.15, -0.1) is 0 Å². The number of amidine groups is 1. The predicted octanol–water partition coefficient (Wildman–Crippen LogP) is 4.51. The Morgan fingerprint density at radius 3 is 2.24 bits per heavy atom. The fourth-order valence-corrected chi connectivity index (χ4v) is 2.52. The monoisotopic (exact) mass is 358 g/mol. The molecule has 0 aliphatic heterocycles. The van der Waals surface area contributed by atoms with E-state index in [1.165, 1.54) is 5.56 Å². The van der Waals surface area contributed by atoms with Crippen molar-refractivity contribution in [2.24, 2.45) is 16.8 Å². The predicted molar refractivity (Wildman–Crippen MR) is 102 cm³/mol. The van der Waals surface area contributed by atoms with E-state index in [1.807, 2.05) is 24.3 Å². The number of benzene rings is 2. The lowest BCUT2D eigenvalue weighted by atomic mass is 9.97. The number of hydrogen-bond acceptors (Lipinski definition) is 3. The fourth-order valence-electron chi connectivity index (χ4n) is 2.40. The van der Waals surface area contributed by atoms with E-state index < -0.39 is 11.9 Å². The molecule has 0 spiro atoms.